The average Bonchev–Trinajstić information content (AvgIpc) is 2.98. The molecule has 4 heteroatoms. The fraction of sp³-hybridized carbons (Fsp3) is 0.667. The minimum atomic E-state index is 0.568. The third-order valence-electron chi connectivity index (χ3n) is 4.36. The lowest BCUT2D eigenvalue weighted by molar-refractivity contribution is 0.175. The zero-order valence-electron chi connectivity index (χ0n) is 11.4. The van der Waals surface area contributed by atoms with E-state index < -0.39 is 0 Å². The standard InChI is InChI=1S/C15H22ClN3/c16-11-13-4-6-17-15(10-13)19-9-5-14(12-19)18-7-2-1-3-8-18/h4,6,10,14H,1-3,5,7-9,11-12H2. The smallest absolute Gasteiger partial charge is 0.128 e. The van der Waals surface area contributed by atoms with Gasteiger partial charge in [-0.1, -0.05) is 6.42 Å². The Bertz CT molecular complexity index is 418. The Labute approximate surface area is 120 Å². The maximum absolute atomic E-state index is 5.90. The minimum Gasteiger partial charge on any atom is -0.355 e. The van der Waals surface area contributed by atoms with Gasteiger partial charge < -0.3 is 4.90 Å². The molecule has 0 radical (unpaired) electrons. The van der Waals surface area contributed by atoms with E-state index in [2.05, 4.69) is 20.9 Å². The summed E-state index contributed by atoms with van der Waals surface area (Å²) in [6.07, 6.45) is 7.30. The van der Waals surface area contributed by atoms with Crippen LogP contribution in [0.25, 0.3) is 0 Å². The van der Waals surface area contributed by atoms with E-state index in [-0.39, 0.29) is 0 Å². The molecule has 3 nitrogen and oxygen atoms in total. The summed E-state index contributed by atoms with van der Waals surface area (Å²) in [7, 11) is 0. The third kappa shape index (κ3) is 3.03. The Hall–Kier alpha value is -0.800. The van der Waals surface area contributed by atoms with E-state index in [1.54, 1.807) is 0 Å². The molecular formula is C15H22ClN3. The molecule has 0 bridgehead atoms. The number of alkyl halides is 1. The summed E-state index contributed by atoms with van der Waals surface area (Å²) in [4.78, 5) is 9.59. The van der Waals surface area contributed by atoms with Gasteiger partial charge in [-0.15, -0.1) is 11.6 Å². The second-order valence-corrected chi connectivity index (χ2v) is 5.91. The van der Waals surface area contributed by atoms with Crippen molar-refractivity contribution in [3.8, 4) is 0 Å². The number of hydrogen-bond acceptors (Lipinski definition) is 3. The number of anilines is 1. The molecule has 0 amide bonds. The number of aromatic nitrogens is 1. The molecule has 3 rings (SSSR count). The maximum atomic E-state index is 5.90. The Morgan fingerprint density at radius 1 is 1.21 bits per heavy atom. The zero-order chi connectivity index (χ0) is 13.1. The fourth-order valence-electron chi connectivity index (χ4n) is 3.25. The van der Waals surface area contributed by atoms with Gasteiger partial charge in [-0.2, -0.15) is 0 Å². The van der Waals surface area contributed by atoms with E-state index in [0.717, 1.165) is 30.5 Å². The lowest BCUT2D eigenvalue weighted by atomic mass is 10.1. The number of halogens is 1. The molecule has 0 aliphatic carbocycles. The van der Waals surface area contributed by atoms with Crippen LogP contribution < -0.4 is 4.90 Å². The van der Waals surface area contributed by atoms with E-state index in [1.165, 1.54) is 38.8 Å². The second kappa shape index (κ2) is 6.10. The molecule has 1 aromatic heterocycles. The Morgan fingerprint density at radius 2 is 2.05 bits per heavy atom. The van der Waals surface area contributed by atoms with E-state index in [1.807, 2.05) is 12.3 Å². The van der Waals surface area contributed by atoms with Crippen LogP contribution in [-0.2, 0) is 5.88 Å². The molecule has 1 atom stereocenters. The van der Waals surface area contributed by atoms with Crippen LogP contribution in [-0.4, -0.2) is 42.1 Å². The molecule has 19 heavy (non-hydrogen) atoms. The predicted octanol–water partition coefficient (Wildman–Crippen LogP) is 2.89. The van der Waals surface area contributed by atoms with Gasteiger partial charge in [0.1, 0.15) is 5.82 Å². The molecule has 0 saturated carbocycles. The summed E-state index contributed by atoms with van der Waals surface area (Å²) in [6, 6.07) is 4.85. The van der Waals surface area contributed by atoms with Crippen molar-refractivity contribution in [2.75, 3.05) is 31.1 Å². The molecule has 2 aliphatic rings. The topological polar surface area (TPSA) is 19.4 Å². The normalized spacial score (nSPS) is 24.9. The number of hydrogen-bond donors (Lipinski definition) is 0. The first-order valence-corrected chi connectivity index (χ1v) is 7.90. The first-order chi connectivity index (χ1) is 9.36. The number of piperidine rings is 1. The minimum absolute atomic E-state index is 0.568. The molecule has 2 saturated heterocycles. The van der Waals surface area contributed by atoms with Crippen molar-refractivity contribution in [3.05, 3.63) is 23.9 Å². The molecule has 2 fully saturated rings. The summed E-state index contributed by atoms with van der Waals surface area (Å²) < 4.78 is 0. The van der Waals surface area contributed by atoms with E-state index in [9.17, 15) is 0 Å². The molecule has 0 N–H and O–H groups in total. The fourth-order valence-corrected chi connectivity index (χ4v) is 3.41. The van der Waals surface area contributed by atoms with Gasteiger partial charge >= 0.3 is 0 Å². The quantitative estimate of drug-likeness (QED) is 0.793. The van der Waals surface area contributed by atoms with Crippen molar-refractivity contribution in [1.29, 1.82) is 0 Å². The van der Waals surface area contributed by atoms with Crippen molar-refractivity contribution in [1.82, 2.24) is 9.88 Å². The van der Waals surface area contributed by atoms with Crippen LogP contribution in [0.4, 0.5) is 5.82 Å². The van der Waals surface area contributed by atoms with Crippen molar-refractivity contribution in [2.24, 2.45) is 0 Å². The van der Waals surface area contributed by atoms with Crippen LogP contribution in [0.5, 0.6) is 0 Å². The molecule has 0 aromatic carbocycles. The van der Waals surface area contributed by atoms with E-state index in [4.69, 9.17) is 11.6 Å². The molecule has 1 aromatic rings. The largest absolute Gasteiger partial charge is 0.355 e. The monoisotopic (exact) mass is 279 g/mol. The molecule has 3 heterocycles. The van der Waals surface area contributed by atoms with Crippen molar-refractivity contribution in [2.45, 2.75) is 37.6 Å². The highest BCUT2D eigenvalue weighted by atomic mass is 35.5. The first kappa shape index (κ1) is 13.2. The Morgan fingerprint density at radius 3 is 2.84 bits per heavy atom. The van der Waals surface area contributed by atoms with Crippen LogP contribution in [0.1, 0.15) is 31.2 Å². The van der Waals surface area contributed by atoms with Gasteiger partial charge in [-0.25, -0.2) is 4.98 Å². The lowest BCUT2D eigenvalue weighted by Crippen LogP contribution is -2.40. The van der Waals surface area contributed by atoms with Crippen LogP contribution >= 0.6 is 11.6 Å². The highest BCUT2D eigenvalue weighted by Crippen LogP contribution is 2.24. The maximum Gasteiger partial charge on any atom is 0.128 e. The Balaban J connectivity index is 1.64. The van der Waals surface area contributed by atoms with Gasteiger partial charge in [0.05, 0.1) is 0 Å². The third-order valence-corrected chi connectivity index (χ3v) is 4.67. The lowest BCUT2D eigenvalue weighted by Gasteiger charge is -2.32. The van der Waals surface area contributed by atoms with Crippen LogP contribution in [0.2, 0.25) is 0 Å². The van der Waals surface area contributed by atoms with Crippen LogP contribution in [0.15, 0.2) is 18.3 Å². The molecule has 1 unspecified atom stereocenters. The van der Waals surface area contributed by atoms with Crippen molar-refractivity contribution in [3.63, 3.8) is 0 Å². The number of rotatable bonds is 3. The molecule has 104 valence electrons. The number of likely N-dealkylation sites (tertiary alicyclic amines) is 1. The Kier molecular flexibility index (Phi) is 4.24. The predicted molar refractivity (Wildman–Crippen MR) is 79.8 cm³/mol. The highest BCUT2D eigenvalue weighted by molar-refractivity contribution is 6.17. The first-order valence-electron chi connectivity index (χ1n) is 7.37. The van der Waals surface area contributed by atoms with Gasteiger partial charge in [-0.05, 0) is 50.0 Å². The van der Waals surface area contributed by atoms with Gasteiger partial charge in [0, 0.05) is 31.2 Å². The summed E-state index contributed by atoms with van der Waals surface area (Å²) in [5.41, 5.74) is 1.16. The molecule has 0 spiro atoms. The summed E-state index contributed by atoms with van der Waals surface area (Å²) >= 11 is 5.90. The van der Waals surface area contributed by atoms with E-state index >= 15 is 0 Å². The van der Waals surface area contributed by atoms with E-state index in [0.29, 0.717) is 5.88 Å². The van der Waals surface area contributed by atoms with Crippen LogP contribution in [0.3, 0.4) is 0 Å². The molecular weight excluding hydrogens is 258 g/mol. The van der Waals surface area contributed by atoms with Gasteiger partial charge in [0.2, 0.25) is 0 Å². The number of pyridine rings is 1. The highest BCUT2D eigenvalue weighted by Gasteiger charge is 2.29. The SMILES string of the molecule is ClCc1ccnc(N2CCC(N3CCCCC3)C2)c1. The van der Waals surface area contributed by atoms with Crippen LogP contribution in [0, 0.1) is 0 Å². The van der Waals surface area contributed by atoms with Gasteiger partial charge in [0.15, 0.2) is 0 Å². The van der Waals surface area contributed by atoms with Gasteiger partial charge in [-0.3, -0.25) is 4.90 Å². The average molecular weight is 280 g/mol. The number of nitrogens with zero attached hydrogens (tertiary/aromatic N) is 3. The summed E-state index contributed by atoms with van der Waals surface area (Å²) in [5.74, 6) is 1.66. The second-order valence-electron chi connectivity index (χ2n) is 5.64. The summed E-state index contributed by atoms with van der Waals surface area (Å²) in [6.45, 7) is 4.82. The van der Waals surface area contributed by atoms with Crippen molar-refractivity contribution < 1.29 is 0 Å². The zero-order valence-corrected chi connectivity index (χ0v) is 12.1. The van der Waals surface area contributed by atoms with Crippen molar-refractivity contribution >= 4 is 17.4 Å². The van der Waals surface area contributed by atoms with Gasteiger partial charge in [0.25, 0.3) is 0 Å². The summed E-state index contributed by atoms with van der Waals surface area (Å²) in [5, 5.41) is 0. The molecule has 2 aliphatic heterocycles.